The summed E-state index contributed by atoms with van der Waals surface area (Å²) in [6, 6.07) is 4.15. The molecule has 0 bridgehead atoms. The van der Waals surface area contributed by atoms with Crippen LogP contribution in [-0.4, -0.2) is 47.0 Å². The fourth-order valence-corrected chi connectivity index (χ4v) is 6.14. The van der Waals surface area contributed by atoms with E-state index in [1.165, 1.54) is 25.3 Å². The number of aromatic nitrogens is 1. The van der Waals surface area contributed by atoms with Crippen molar-refractivity contribution in [3.63, 3.8) is 0 Å². The number of rotatable bonds is 4. The van der Waals surface area contributed by atoms with E-state index in [1.54, 1.807) is 36.4 Å². The van der Waals surface area contributed by atoms with E-state index >= 15 is 0 Å². The molecule has 2 atom stereocenters. The number of hydrogen-bond donors (Lipinski definition) is 0. The molecule has 11 heteroatoms. The van der Waals surface area contributed by atoms with Gasteiger partial charge in [0.15, 0.2) is 17.0 Å². The van der Waals surface area contributed by atoms with Crippen LogP contribution >= 0.6 is 0 Å². The quantitative estimate of drug-likeness (QED) is 0.368. The standard InChI is InChI=1S/C29H34F3N3O5/c1-16(36)20-15-34-22(13-24(20)37)19-12-25(39-29(30,31)32)23(11-18(19)21-7-9-28(5,6)35(21)34)33-10-8-17(14-33)26(38)40-27(2,3)4/h11-13,15,17,21H,7-10,14H2,1-6H3/t17-,21+/m0/s1. The lowest BCUT2D eigenvalue weighted by atomic mass is 9.92. The number of carbonyl (C=O) groups excluding carboxylic acids is 2. The minimum absolute atomic E-state index is 0.0160. The monoisotopic (exact) mass is 561 g/mol. The number of alkyl halides is 3. The summed E-state index contributed by atoms with van der Waals surface area (Å²) in [6.07, 6.45) is -1.51. The van der Waals surface area contributed by atoms with Crippen molar-refractivity contribution in [1.82, 2.24) is 4.68 Å². The molecular weight excluding hydrogens is 527 g/mol. The fraction of sp³-hybridized carbons (Fsp3) is 0.552. The topological polar surface area (TPSA) is 81.1 Å². The van der Waals surface area contributed by atoms with Crippen LogP contribution in [0.3, 0.4) is 0 Å². The Balaban J connectivity index is 1.65. The average Bonchev–Trinajstić information content (AvgIpc) is 3.41. The molecule has 0 amide bonds. The lowest BCUT2D eigenvalue weighted by Gasteiger charge is -2.45. The van der Waals surface area contributed by atoms with Crippen LogP contribution in [0.5, 0.6) is 5.75 Å². The number of Topliss-reactive ketones (excluding diaryl/α,β-unsaturated/α-hetero) is 1. The molecule has 216 valence electrons. The molecule has 1 aromatic heterocycles. The molecule has 0 N–H and O–H groups in total. The van der Waals surface area contributed by atoms with Crippen molar-refractivity contribution in [2.45, 2.75) is 84.3 Å². The molecule has 0 spiro atoms. The predicted octanol–water partition coefficient (Wildman–Crippen LogP) is 5.35. The number of pyridine rings is 1. The second kappa shape index (κ2) is 9.27. The minimum atomic E-state index is -4.96. The van der Waals surface area contributed by atoms with Crippen molar-refractivity contribution in [2.75, 3.05) is 23.0 Å². The van der Waals surface area contributed by atoms with Gasteiger partial charge < -0.3 is 14.4 Å². The Morgan fingerprint density at radius 1 is 1.07 bits per heavy atom. The number of fused-ring (bicyclic) bond motifs is 6. The Labute approximate surface area is 230 Å². The first-order valence-electron chi connectivity index (χ1n) is 13.4. The molecule has 0 unspecified atom stereocenters. The van der Waals surface area contributed by atoms with Gasteiger partial charge in [-0.3, -0.25) is 24.1 Å². The molecule has 3 aliphatic rings. The zero-order chi connectivity index (χ0) is 29.4. The molecule has 0 saturated carbocycles. The summed E-state index contributed by atoms with van der Waals surface area (Å²) in [5.41, 5.74) is 0.336. The Kier molecular flexibility index (Phi) is 6.50. The van der Waals surface area contributed by atoms with Gasteiger partial charge in [-0.2, -0.15) is 0 Å². The molecule has 1 aromatic carbocycles. The van der Waals surface area contributed by atoms with Gasteiger partial charge in [0, 0.05) is 30.9 Å². The van der Waals surface area contributed by atoms with Crippen molar-refractivity contribution in [2.24, 2.45) is 5.92 Å². The largest absolute Gasteiger partial charge is 0.573 e. The number of ketones is 1. The lowest BCUT2D eigenvalue weighted by Crippen LogP contribution is -2.50. The molecule has 8 nitrogen and oxygen atoms in total. The van der Waals surface area contributed by atoms with Gasteiger partial charge in [-0.05, 0) is 78.5 Å². The Bertz CT molecular complexity index is 1440. The van der Waals surface area contributed by atoms with E-state index in [2.05, 4.69) is 23.6 Å². The van der Waals surface area contributed by atoms with Crippen LogP contribution in [0.25, 0.3) is 11.3 Å². The highest BCUT2D eigenvalue weighted by Gasteiger charge is 2.46. The molecule has 0 radical (unpaired) electrons. The van der Waals surface area contributed by atoms with Gasteiger partial charge in [-0.25, -0.2) is 0 Å². The first-order chi connectivity index (χ1) is 18.4. The fourth-order valence-electron chi connectivity index (χ4n) is 6.14. The summed E-state index contributed by atoms with van der Waals surface area (Å²) < 4.78 is 52.7. The van der Waals surface area contributed by atoms with Crippen LogP contribution in [0.15, 0.2) is 29.2 Å². The number of nitrogens with zero attached hydrogens (tertiary/aromatic N) is 3. The van der Waals surface area contributed by atoms with Crippen molar-refractivity contribution in [1.29, 1.82) is 0 Å². The molecule has 3 aliphatic heterocycles. The van der Waals surface area contributed by atoms with Crippen LogP contribution in [0.2, 0.25) is 0 Å². The third-order valence-electron chi connectivity index (χ3n) is 7.85. The third-order valence-corrected chi connectivity index (χ3v) is 7.85. The highest BCUT2D eigenvalue weighted by molar-refractivity contribution is 5.94. The maximum absolute atomic E-state index is 13.6. The smallest absolute Gasteiger partial charge is 0.460 e. The number of hydrogen-bond acceptors (Lipinski definition) is 7. The zero-order valence-corrected chi connectivity index (χ0v) is 23.5. The lowest BCUT2D eigenvalue weighted by molar-refractivity contribution is -0.274. The van der Waals surface area contributed by atoms with E-state index in [-0.39, 0.29) is 41.1 Å². The predicted molar refractivity (Wildman–Crippen MR) is 143 cm³/mol. The third kappa shape index (κ3) is 5.06. The first-order valence-corrected chi connectivity index (χ1v) is 13.4. The Hall–Kier alpha value is -3.50. The van der Waals surface area contributed by atoms with Crippen LogP contribution < -0.4 is 20.1 Å². The summed E-state index contributed by atoms with van der Waals surface area (Å²) in [4.78, 5) is 39.5. The van der Waals surface area contributed by atoms with Gasteiger partial charge in [-0.1, -0.05) is 0 Å². The van der Waals surface area contributed by atoms with Crippen LogP contribution in [0.1, 0.15) is 82.8 Å². The number of halogens is 3. The van der Waals surface area contributed by atoms with Crippen LogP contribution in [0.4, 0.5) is 18.9 Å². The summed E-state index contributed by atoms with van der Waals surface area (Å²) >= 11 is 0. The highest BCUT2D eigenvalue weighted by Crippen LogP contribution is 2.51. The van der Waals surface area contributed by atoms with Crippen LogP contribution in [-0.2, 0) is 9.53 Å². The molecule has 0 aliphatic carbocycles. The van der Waals surface area contributed by atoms with E-state index in [1.807, 2.05) is 0 Å². The van der Waals surface area contributed by atoms with E-state index in [4.69, 9.17) is 4.74 Å². The van der Waals surface area contributed by atoms with Crippen molar-refractivity contribution >= 4 is 17.4 Å². The molecule has 2 aromatic rings. The Morgan fingerprint density at radius 2 is 1.77 bits per heavy atom. The van der Waals surface area contributed by atoms with E-state index in [9.17, 15) is 27.6 Å². The number of ether oxygens (including phenoxy) is 2. The molecule has 2 saturated heterocycles. The van der Waals surface area contributed by atoms with Gasteiger partial charge in [0.1, 0.15) is 5.60 Å². The zero-order valence-electron chi connectivity index (χ0n) is 23.5. The maximum Gasteiger partial charge on any atom is 0.573 e. The number of carbonyl (C=O) groups is 2. The minimum Gasteiger partial charge on any atom is -0.460 e. The van der Waals surface area contributed by atoms with Gasteiger partial charge in [0.05, 0.1) is 34.4 Å². The van der Waals surface area contributed by atoms with E-state index in [0.717, 1.165) is 18.4 Å². The number of anilines is 1. The molecule has 5 rings (SSSR count). The maximum atomic E-state index is 13.6. The average molecular weight is 562 g/mol. The summed E-state index contributed by atoms with van der Waals surface area (Å²) in [6.45, 7) is 11.3. The molecule has 2 fully saturated rings. The second-order valence-electron chi connectivity index (χ2n) is 12.5. The van der Waals surface area contributed by atoms with E-state index in [0.29, 0.717) is 24.2 Å². The number of benzene rings is 1. The molecule has 40 heavy (non-hydrogen) atoms. The summed E-state index contributed by atoms with van der Waals surface area (Å²) in [7, 11) is 0. The number of esters is 1. The van der Waals surface area contributed by atoms with Gasteiger partial charge >= 0.3 is 12.3 Å². The van der Waals surface area contributed by atoms with Crippen molar-refractivity contribution in [3.8, 4) is 17.0 Å². The first kappa shape index (κ1) is 28.0. The Morgan fingerprint density at radius 3 is 2.40 bits per heavy atom. The van der Waals surface area contributed by atoms with E-state index < -0.39 is 29.1 Å². The normalized spacial score (nSPS) is 21.5. The van der Waals surface area contributed by atoms with Gasteiger partial charge in [0.2, 0.25) is 0 Å². The van der Waals surface area contributed by atoms with Crippen molar-refractivity contribution < 1.29 is 32.2 Å². The summed E-state index contributed by atoms with van der Waals surface area (Å²) in [5, 5.41) is 2.10. The van der Waals surface area contributed by atoms with Gasteiger partial charge in [0.25, 0.3) is 0 Å². The molecular formula is C29H34F3N3O5. The van der Waals surface area contributed by atoms with Crippen LogP contribution in [0, 0.1) is 5.92 Å². The molecule has 4 heterocycles. The van der Waals surface area contributed by atoms with Gasteiger partial charge in [-0.15, -0.1) is 13.2 Å². The highest BCUT2D eigenvalue weighted by atomic mass is 19.4. The second-order valence-corrected chi connectivity index (χ2v) is 12.5. The summed E-state index contributed by atoms with van der Waals surface area (Å²) in [5.74, 6) is -1.66. The SMILES string of the molecule is CC(=O)c1cn2c(cc1=O)-c1cc(OC(F)(F)F)c(N3CC[C@H](C(=O)OC(C)(C)C)C3)cc1[C@H]1CCC(C)(C)N12. The van der Waals surface area contributed by atoms with Crippen molar-refractivity contribution in [3.05, 3.63) is 45.7 Å².